The van der Waals surface area contributed by atoms with Gasteiger partial charge in [0.15, 0.2) is 0 Å². The molecule has 1 aromatic carbocycles. The van der Waals surface area contributed by atoms with Crippen molar-refractivity contribution in [3.63, 3.8) is 0 Å². The van der Waals surface area contributed by atoms with Crippen molar-refractivity contribution >= 4 is 19.5 Å². The molecule has 0 aliphatic carbocycles. The van der Waals surface area contributed by atoms with E-state index in [1.54, 1.807) is 0 Å². The molecule has 0 saturated heterocycles. The van der Waals surface area contributed by atoms with Crippen LogP contribution in [0.5, 0.6) is 5.75 Å². The summed E-state index contributed by atoms with van der Waals surface area (Å²) in [7, 11) is -4.72. The number of carbonyl (C=O) groups is 1. The van der Waals surface area contributed by atoms with E-state index in [2.05, 4.69) is 14.8 Å². The van der Waals surface area contributed by atoms with Crippen molar-refractivity contribution in [2.75, 3.05) is 5.32 Å². The molecule has 0 aliphatic heterocycles. The number of phosphoric acid groups is 1. The molecule has 0 spiro atoms. The summed E-state index contributed by atoms with van der Waals surface area (Å²) in [5, 5.41) is 21.9. The molecule has 26 heavy (non-hydrogen) atoms. The third-order valence-corrected chi connectivity index (χ3v) is 3.90. The zero-order chi connectivity index (χ0) is 19.5. The van der Waals surface area contributed by atoms with Gasteiger partial charge >= 0.3 is 13.8 Å². The maximum absolute atomic E-state index is 13.5. The van der Waals surface area contributed by atoms with Gasteiger partial charge in [-0.3, -0.25) is 9.51 Å². The van der Waals surface area contributed by atoms with E-state index in [1.807, 2.05) is 0 Å². The van der Waals surface area contributed by atoms with E-state index in [9.17, 15) is 18.9 Å². The van der Waals surface area contributed by atoms with Crippen LogP contribution in [-0.2, 0) is 22.2 Å². The normalized spacial score (nSPS) is 11.4. The minimum atomic E-state index is -4.72. The van der Waals surface area contributed by atoms with Crippen LogP contribution in [0.3, 0.4) is 0 Å². The average Bonchev–Trinajstić information content (AvgIpc) is 2.53. The summed E-state index contributed by atoms with van der Waals surface area (Å²) in [6.07, 6.45) is 1.29. The number of aromatic hydroxyl groups is 1. The molecule has 11 heteroatoms. The number of nitrogens with zero attached hydrogens (tertiary/aromatic N) is 1. The highest BCUT2D eigenvalue weighted by atomic mass is 31.2. The quantitative estimate of drug-likeness (QED) is 0.451. The van der Waals surface area contributed by atoms with E-state index in [0.717, 1.165) is 12.1 Å². The first-order chi connectivity index (χ1) is 12.1. The Morgan fingerprint density at radius 1 is 1.35 bits per heavy atom. The van der Waals surface area contributed by atoms with Gasteiger partial charge in [-0.15, -0.1) is 0 Å². The standard InChI is InChI=1S/C15H16FN2O7P/c1-8-14(19)13(10(5-17-8)7-25-26(22,23)24)6-18-12-3-9(15(20)21)2-11(16)4-12/h2-5,18-19H,6-7H2,1H3,(H,20,21)(H2,22,23,24). The maximum Gasteiger partial charge on any atom is 0.469 e. The van der Waals surface area contributed by atoms with Gasteiger partial charge in [-0.2, -0.15) is 0 Å². The Labute approximate surface area is 147 Å². The molecule has 1 heterocycles. The number of aromatic carboxylic acids is 1. The van der Waals surface area contributed by atoms with Gasteiger partial charge in [0.05, 0.1) is 17.9 Å². The Morgan fingerprint density at radius 2 is 2.04 bits per heavy atom. The van der Waals surface area contributed by atoms with Crippen molar-refractivity contribution in [1.29, 1.82) is 0 Å². The van der Waals surface area contributed by atoms with E-state index in [-0.39, 0.29) is 40.4 Å². The molecule has 1 aromatic heterocycles. The second-order valence-electron chi connectivity index (χ2n) is 5.35. The average molecular weight is 386 g/mol. The first-order valence-corrected chi connectivity index (χ1v) is 8.74. The lowest BCUT2D eigenvalue weighted by Crippen LogP contribution is -2.07. The maximum atomic E-state index is 13.5. The SMILES string of the molecule is Cc1ncc(COP(=O)(O)O)c(CNc2cc(F)cc(C(=O)O)c2)c1O. The molecular formula is C15H16FN2O7P. The minimum absolute atomic E-state index is 0.0858. The Bertz CT molecular complexity index is 885. The fourth-order valence-electron chi connectivity index (χ4n) is 2.17. The number of hydrogen-bond acceptors (Lipinski definition) is 6. The highest BCUT2D eigenvalue weighted by Crippen LogP contribution is 2.38. The van der Waals surface area contributed by atoms with Crippen LogP contribution < -0.4 is 5.32 Å². The van der Waals surface area contributed by atoms with E-state index >= 15 is 0 Å². The number of benzene rings is 1. The molecule has 0 saturated carbocycles. The van der Waals surface area contributed by atoms with Crippen LogP contribution in [0.2, 0.25) is 0 Å². The Morgan fingerprint density at radius 3 is 2.65 bits per heavy atom. The molecule has 0 bridgehead atoms. The summed E-state index contributed by atoms with van der Waals surface area (Å²) < 4.78 is 28.8. The Balaban J connectivity index is 2.27. The van der Waals surface area contributed by atoms with Crippen molar-refractivity contribution in [2.45, 2.75) is 20.1 Å². The third-order valence-electron chi connectivity index (χ3n) is 3.43. The van der Waals surface area contributed by atoms with Gasteiger partial charge in [0, 0.05) is 29.6 Å². The van der Waals surface area contributed by atoms with Gasteiger partial charge in [0.25, 0.3) is 0 Å². The van der Waals surface area contributed by atoms with Crippen LogP contribution in [0.25, 0.3) is 0 Å². The number of rotatable bonds is 7. The summed E-state index contributed by atoms with van der Waals surface area (Å²) in [4.78, 5) is 32.5. The number of phosphoric ester groups is 1. The molecule has 0 aliphatic rings. The van der Waals surface area contributed by atoms with Crippen LogP contribution in [0, 0.1) is 12.7 Å². The zero-order valence-corrected chi connectivity index (χ0v) is 14.4. The predicted molar refractivity (Wildman–Crippen MR) is 88.2 cm³/mol. The Hall–Kier alpha value is -2.52. The van der Waals surface area contributed by atoms with E-state index in [1.165, 1.54) is 19.2 Å². The number of aryl methyl sites for hydroxylation is 1. The fraction of sp³-hybridized carbons (Fsp3) is 0.200. The molecule has 5 N–H and O–H groups in total. The number of halogens is 1. The topological polar surface area (TPSA) is 149 Å². The summed E-state index contributed by atoms with van der Waals surface area (Å²) in [6, 6.07) is 3.15. The molecule has 0 amide bonds. The van der Waals surface area contributed by atoms with E-state index < -0.39 is 26.2 Å². The largest absolute Gasteiger partial charge is 0.506 e. The molecule has 2 rings (SSSR count). The smallest absolute Gasteiger partial charge is 0.469 e. The number of pyridine rings is 1. The first-order valence-electron chi connectivity index (χ1n) is 7.21. The van der Waals surface area contributed by atoms with Crippen molar-refractivity contribution in [3.05, 3.63) is 52.6 Å². The predicted octanol–water partition coefficient (Wildman–Crippen LogP) is 2.15. The molecular weight excluding hydrogens is 370 g/mol. The van der Waals surface area contributed by atoms with Gasteiger partial charge in [-0.25, -0.2) is 13.8 Å². The fourth-order valence-corrected chi connectivity index (χ4v) is 2.47. The molecule has 0 fully saturated rings. The van der Waals surface area contributed by atoms with Crippen LogP contribution in [-0.4, -0.2) is 31.0 Å². The zero-order valence-electron chi connectivity index (χ0n) is 13.5. The van der Waals surface area contributed by atoms with Crippen LogP contribution >= 0.6 is 7.82 Å². The van der Waals surface area contributed by atoms with Crippen molar-refractivity contribution in [2.24, 2.45) is 0 Å². The van der Waals surface area contributed by atoms with Gasteiger partial charge in [0.1, 0.15) is 11.6 Å². The highest BCUT2D eigenvalue weighted by Gasteiger charge is 2.18. The lowest BCUT2D eigenvalue weighted by Gasteiger charge is -2.15. The molecule has 9 nitrogen and oxygen atoms in total. The van der Waals surface area contributed by atoms with Crippen LogP contribution in [0.1, 0.15) is 27.2 Å². The second-order valence-corrected chi connectivity index (χ2v) is 6.59. The number of anilines is 1. The Kier molecular flexibility index (Phi) is 5.94. The summed E-state index contributed by atoms with van der Waals surface area (Å²) in [6.45, 7) is 0.931. The number of carboxylic acid groups (broad SMARTS) is 1. The lowest BCUT2D eigenvalue weighted by molar-refractivity contribution is 0.0696. The van der Waals surface area contributed by atoms with Gasteiger partial charge < -0.3 is 25.3 Å². The minimum Gasteiger partial charge on any atom is -0.506 e. The number of hydrogen-bond donors (Lipinski definition) is 5. The van der Waals surface area contributed by atoms with Gasteiger partial charge in [-0.05, 0) is 25.1 Å². The second kappa shape index (κ2) is 7.79. The van der Waals surface area contributed by atoms with Crippen molar-refractivity contribution in [3.8, 4) is 5.75 Å². The highest BCUT2D eigenvalue weighted by molar-refractivity contribution is 7.46. The molecule has 0 radical (unpaired) electrons. The summed E-state index contributed by atoms with van der Waals surface area (Å²) in [5.74, 6) is -2.28. The summed E-state index contributed by atoms with van der Waals surface area (Å²) in [5.41, 5.74) is 0.601. The van der Waals surface area contributed by atoms with Gasteiger partial charge in [-0.1, -0.05) is 0 Å². The third kappa shape index (κ3) is 5.24. The monoisotopic (exact) mass is 386 g/mol. The first kappa shape index (κ1) is 19.8. The number of carboxylic acids is 1. The van der Waals surface area contributed by atoms with E-state index in [0.29, 0.717) is 0 Å². The van der Waals surface area contributed by atoms with Crippen LogP contribution in [0.15, 0.2) is 24.4 Å². The molecule has 2 aromatic rings. The molecule has 0 unspecified atom stereocenters. The molecule has 140 valence electrons. The van der Waals surface area contributed by atoms with Gasteiger partial charge in [0.2, 0.25) is 0 Å². The molecule has 0 atom stereocenters. The number of nitrogens with one attached hydrogen (secondary N) is 1. The lowest BCUT2D eigenvalue weighted by atomic mass is 10.1. The van der Waals surface area contributed by atoms with Crippen molar-refractivity contribution in [1.82, 2.24) is 4.98 Å². The van der Waals surface area contributed by atoms with Crippen LogP contribution in [0.4, 0.5) is 10.1 Å². The summed E-state index contributed by atoms with van der Waals surface area (Å²) >= 11 is 0. The van der Waals surface area contributed by atoms with Crippen molar-refractivity contribution < 1.29 is 38.3 Å². The van der Waals surface area contributed by atoms with E-state index in [4.69, 9.17) is 14.9 Å². The number of aromatic nitrogens is 1.